The summed E-state index contributed by atoms with van der Waals surface area (Å²) in [4.78, 5) is 18.0. The van der Waals surface area contributed by atoms with Gasteiger partial charge in [0, 0.05) is 20.7 Å². The molecule has 0 aliphatic carbocycles. The van der Waals surface area contributed by atoms with Crippen LogP contribution in [0.1, 0.15) is 19.3 Å². The highest BCUT2D eigenvalue weighted by atomic mass is 127. The molecule has 158 valence electrons. The van der Waals surface area contributed by atoms with E-state index in [1.165, 1.54) is 3.57 Å². The number of nitrogens with zero attached hydrogens (tertiary/aromatic N) is 2. The van der Waals surface area contributed by atoms with Crippen LogP contribution in [0, 0.1) is 3.57 Å². The second kappa shape index (κ2) is 10.3. The molecule has 0 amide bonds. The maximum Gasteiger partial charge on any atom is 0.261 e. The minimum Gasteiger partial charge on any atom is -0.494 e. The number of fused-ring (bicyclic) bond motifs is 1. The van der Waals surface area contributed by atoms with E-state index in [1.807, 2.05) is 72.8 Å². The molecule has 4 rings (SSSR count). The van der Waals surface area contributed by atoms with Crippen LogP contribution in [0.5, 0.6) is 5.75 Å². The standard InChI is InChI=1S/C25H22ClIN2O2/c26-19-10-8-18(9-11-19)24-28-23-7-3-2-6-22(23)25(30)29(24)16-4-1-5-17-31-21-14-12-20(27)13-15-21/h2-3,6-15H,1,4-5,16-17H2. The number of hydrogen-bond donors (Lipinski definition) is 0. The van der Waals surface area contributed by atoms with Crippen molar-refractivity contribution in [2.24, 2.45) is 0 Å². The highest BCUT2D eigenvalue weighted by molar-refractivity contribution is 14.1. The molecule has 0 aliphatic heterocycles. The monoisotopic (exact) mass is 544 g/mol. The zero-order valence-corrected chi connectivity index (χ0v) is 19.8. The summed E-state index contributed by atoms with van der Waals surface area (Å²) in [5.74, 6) is 1.57. The lowest BCUT2D eigenvalue weighted by Crippen LogP contribution is -2.23. The van der Waals surface area contributed by atoms with E-state index in [1.54, 1.807) is 4.57 Å². The van der Waals surface area contributed by atoms with E-state index in [0.717, 1.165) is 30.6 Å². The molecule has 4 aromatic rings. The van der Waals surface area contributed by atoms with Crippen molar-refractivity contribution in [2.75, 3.05) is 6.61 Å². The molecule has 31 heavy (non-hydrogen) atoms. The Bertz CT molecular complexity index is 1220. The van der Waals surface area contributed by atoms with Crippen LogP contribution in [0.2, 0.25) is 5.02 Å². The number of hydrogen-bond acceptors (Lipinski definition) is 3. The summed E-state index contributed by atoms with van der Waals surface area (Å²) in [6.45, 7) is 1.27. The van der Waals surface area contributed by atoms with Gasteiger partial charge in [-0.15, -0.1) is 0 Å². The van der Waals surface area contributed by atoms with Crippen molar-refractivity contribution in [1.29, 1.82) is 0 Å². The molecule has 0 N–H and O–H groups in total. The first-order valence-corrected chi connectivity index (χ1v) is 11.7. The average Bonchev–Trinajstić information content (AvgIpc) is 2.79. The summed E-state index contributed by atoms with van der Waals surface area (Å²) in [7, 11) is 0. The summed E-state index contributed by atoms with van der Waals surface area (Å²) < 4.78 is 8.78. The van der Waals surface area contributed by atoms with Gasteiger partial charge in [0.15, 0.2) is 0 Å². The van der Waals surface area contributed by atoms with Crippen LogP contribution in [0.4, 0.5) is 0 Å². The quantitative estimate of drug-likeness (QED) is 0.186. The predicted molar refractivity (Wildman–Crippen MR) is 135 cm³/mol. The Balaban J connectivity index is 1.46. The van der Waals surface area contributed by atoms with Gasteiger partial charge >= 0.3 is 0 Å². The average molecular weight is 545 g/mol. The van der Waals surface area contributed by atoms with Gasteiger partial charge in [0.1, 0.15) is 11.6 Å². The van der Waals surface area contributed by atoms with Gasteiger partial charge < -0.3 is 4.74 Å². The first kappa shape index (κ1) is 21.8. The Kier molecular flexibility index (Phi) is 7.25. The Morgan fingerprint density at radius 3 is 2.42 bits per heavy atom. The van der Waals surface area contributed by atoms with Crippen molar-refractivity contribution in [3.05, 3.63) is 91.7 Å². The number of rotatable bonds is 8. The normalized spacial score (nSPS) is 11.0. The van der Waals surface area contributed by atoms with E-state index in [9.17, 15) is 4.79 Å². The lowest BCUT2D eigenvalue weighted by atomic mass is 10.1. The molecule has 0 fully saturated rings. The summed E-state index contributed by atoms with van der Waals surface area (Å²) >= 11 is 8.33. The van der Waals surface area contributed by atoms with Gasteiger partial charge in [-0.2, -0.15) is 0 Å². The van der Waals surface area contributed by atoms with Crippen molar-refractivity contribution >= 4 is 45.1 Å². The number of para-hydroxylation sites is 1. The maximum absolute atomic E-state index is 13.2. The molecule has 3 aromatic carbocycles. The van der Waals surface area contributed by atoms with Crippen molar-refractivity contribution < 1.29 is 4.74 Å². The fourth-order valence-corrected chi connectivity index (χ4v) is 3.95. The van der Waals surface area contributed by atoms with E-state index < -0.39 is 0 Å². The van der Waals surface area contributed by atoms with Crippen LogP contribution in [-0.4, -0.2) is 16.2 Å². The number of halogens is 2. The Labute approximate surface area is 200 Å². The van der Waals surface area contributed by atoms with E-state index in [0.29, 0.717) is 34.9 Å². The third-order valence-electron chi connectivity index (χ3n) is 5.07. The molecule has 0 saturated heterocycles. The molecule has 1 aromatic heterocycles. The largest absolute Gasteiger partial charge is 0.494 e. The highest BCUT2D eigenvalue weighted by Gasteiger charge is 2.12. The van der Waals surface area contributed by atoms with E-state index in [-0.39, 0.29) is 5.56 Å². The molecule has 0 radical (unpaired) electrons. The van der Waals surface area contributed by atoms with Gasteiger partial charge in [0.05, 0.1) is 17.5 Å². The van der Waals surface area contributed by atoms with Crippen LogP contribution in [0.3, 0.4) is 0 Å². The number of ether oxygens (including phenoxy) is 1. The fraction of sp³-hybridized carbons (Fsp3) is 0.200. The second-order valence-corrected chi connectivity index (χ2v) is 8.96. The molecule has 0 saturated carbocycles. The molecule has 4 nitrogen and oxygen atoms in total. The maximum atomic E-state index is 13.2. The molecular formula is C25H22ClIN2O2. The molecule has 6 heteroatoms. The minimum absolute atomic E-state index is 0.00862. The van der Waals surface area contributed by atoms with E-state index in [4.69, 9.17) is 21.3 Å². The van der Waals surface area contributed by atoms with E-state index in [2.05, 4.69) is 22.6 Å². The number of unbranched alkanes of at least 4 members (excludes halogenated alkanes) is 2. The fourth-order valence-electron chi connectivity index (χ4n) is 3.46. The lowest BCUT2D eigenvalue weighted by molar-refractivity contribution is 0.303. The number of benzene rings is 3. The zero-order valence-electron chi connectivity index (χ0n) is 16.9. The summed E-state index contributed by atoms with van der Waals surface area (Å²) in [6.07, 6.45) is 2.76. The van der Waals surface area contributed by atoms with Gasteiger partial charge in [0.2, 0.25) is 0 Å². The first-order valence-electron chi connectivity index (χ1n) is 10.3. The van der Waals surface area contributed by atoms with Crippen molar-refractivity contribution in [2.45, 2.75) is 25.8 Å². The van der Waals surface area contributed by atoms with Crippen molar-refractivity contribution in [3.8, 4) is 17.1 Å². The Hall–Kier alpha value is -2.38. The topological polar surface area (TPSA) is 44.1 Å². The van der Waals surface area contributed by atoms with Crippen molar-refractivity contribution in [3.63, 3.8) is 0 Å². The van der Waals surface area contributed by atoms with Crippen molar-refractivity contribution in [1.82, 2.24) is 9.55 Å². The molecule has 0 unspecified atom stereocenters. The van der Waals surface area contributed by atoms with Crippen LogP contribution in [0.15, 0.2) is 77.6 Å². The molecule has 0 atom stereocenters. The Morgan fingerprint density at radius 2 is 1.65 bits per heavy atom. The van der Waals surface area contributed by atoms with Gasteiger partial charge in [0.25, 0.3) is 5.56 Å². The van der Waals surface area contributed by atoms with Gasteiger partial charge in [-0.1, -0.05) is 23.7 Å². The molecule has 0 aliphatic rings. The molecule has 0 spiro atoms. The van der Waals surface area contributed by atoms with Gasteiger partial charge in [-0.3, -0.25) is 9.36 Å². The molecule has 1 heterocycles. The predicted octanol–water partition coefficient (Wildman–Crippen LogP) is 6.57. The van der Waals surface area contributed by atoms with Crippen LogP contribution in [0.25, 0.3) is 22.3 Å². The zero-order chi connectivity index (χ0) is 21.6. The van der Waals surface area contributed by atoms with E-state index >= 15 is 0 Å². The lowest BCUT2D eigenvalue weighted by Gasteiger charge is -2.14. The van der Waals surface area contributed by atoms with Crippen LogP contribution in [-0.2, 0) is 6.54 Å². The van der Waals surface area contributed by atoms with Gasteiger partial charge in [-0.05, 0) is 103 Å². The highest BCUT2D eigenvalue weighted by Crippen LogP contribution is 2.22. The summed E-state index contributed by atoms with van der Waals surface area (Å²) in [5, 5.41) is 1.30. The molecule has 0 bridgehead atoms. The third kappa shape index (κ3) is 5.46. The Morgan fingerprint density at radius 1 is 0.903 bits per heavy atom. The minimum atomic E-state index is -0.00862. The third-order valence-corrected chi connectivity index (χ3v) is 6.04. The number of aromatic nitrogens is 2. The van der Waals surface area contributed by atoms with Crippen LogP contribution < -0.4 is 10.3 Å². The van der Waals surface area contributed by atoms with Crippen LogP contribution >= 0.6 is 34.2 Å². The summed E-state index contributed by atoms with van der Waals surface area (Å²) in [5.41, 5.74) is 1.58. The SMILES string of the molecule is O=c1c2ccccc2nc(-c2ccc(Cl)cc2)n1CCCCCOc1ccc(I)cc1. The van der Waals surface area contributed by atoms with Gasteiger partial charge in [-0.25, -0.2) is 4.98 Å². The first-order chi connectivity index (χ1) is 15.1. The second-order valence-electron chi connectivity index (χ2n) is 7.28. The summed E-state index contributed by atoms with van der Waals surface area (Å²) in [6, 6.07) is 23.0. The smallest absolute Gasteiger partial charge is 0.261 e. The molecular weight excluding hydrogens is 523 g/mol.